The molecule has 0 saturated heterocycles. The number of nitrogens with zero attached hydrogens (tertiary/aromatic N) is 3. The van der Waals surface area contributed by atoms with E-state index >= 15 is 0 Å². The Kier molecular flexibility index (Phi) is 6.29. The lowest BCUT2D eigenvalue weighted by molar-refractivity contribution is -0.116. The third kappa shape index (κ3) is 5.34. The molecule has 0 atom stereocenters. The molecule has 1 heterocycles. The first kappa shape index (κ1) is 19.4. The normalized spacial score (nSPS) is 10.9. The quantitative estimate of drug-likeness (QED) is 0.597. The molecule has 28 heavy (non-hydrogen) atoms. The molecule has 1 aromatic heterocycles. The molecule has 0 aliphatic carbocycles. The van der Waals surface area contributed by atoms with Gasteiger partial charge in [0.05, 0.1) is 26.4 Å². The number of rotatable bonds is 7. The van der Waals surface area contributed by atoms with Crippen LogP contribution in [0.4, 0.5) is 0 Å². The van der Waals surface area contributed by atoms with Crippen molar-refractivity contribution in [1.82, 2.24) is 20.3 Å². The highest BCUT2D eigenvalue weighted by Crippen LogP contribution is 2.26. The fourth-order valence-corrected chi connectivity index (χ4v) is 2.61. The Bertz CT molecular complexity index is 983. The van der Waals surface area contributed by atoms with Crippen LogP contribution < -0.4 is 10.1 Å². The maximum Gasteiger partial charge on any atom is 0.244 e. The number of aromatic nitrogens is 3. The molecular weight excluding hydrogens is 380 g/mol. The van der Waals surface area contributed by atoms with Gasteiger partial charge in [0, 0.05) is 11.1 Å². The summed E-state index contributed by atoms with van der Waals surface area (Å²) in [6.07, 6.45) is 4.82. The van der Waals surface area contributed by atoms with Crippen molar-refractivity contribution in [2.24, 2.45) is 0 Å². The van der Waals surface area contributed by atoms with Crippen molar-refractivity contribution in [2.45, 2.75) is 13.1 Å². The van der Waals surface area contributed by atoms with E-state index in [9.17, 15) is 9.90 Å². The van der Waals surface area contributed by atoms with E-state index in [1.165, 1.54) is 19.3 Å². The minimum atomic E-state index is -0.265. The van der Waals surface area contributed by atoms with Crippen LogP contribution >= 0.6 is 11.6 Å². The Morgan fingerprint density at radius 2 is 2.07 bits per heavy atom. The molecule has 0 unspecified atom stereocenters. The SMILES string of the molecule is COc1cc(/C=C/C(=O)NCc2cn(Cc3ccc(Cl)cc3)nn2)ccc1O. The summed E-state index contributed by atoms with van der Waals surface area (Å²) in [4.78, 5) is 12.0. The zero-order valence-corrected chi connectivity index (χ0v) is 15.9. The molecule has 0 fully saturated rings. The molecule has 144 valence electrons. The second-order valence-electron chi connectivity index (χ2n) is 6.02. The van der Waals surface area contributed by atoms with Gasteiger partial charge in [-0.15, -0.1) is 5.10 Å². The molecule has 7 nitrogen and oxygen atoms in total. The number of nitrogens with one attached hydrogen (secondary N) is 1. The Morgan fingerprint density at radius 3 is 2.82 bits per heavy atom. The molecule has 2 aromatic carbocycles. The number of amides is 1. The zero-order valence-electron chi connectivity index (χ0n) is 15.2. The first-order chi connectivity index (χ1) is 13.5. The standard InChI is InChI=1S/C20H19ClN4O3/c1-28-19-10-14(4-8-18(19)26)5-9-20(27)22-11-17-13-25(24-23-17)12-15-2-6-16(21)7-3-15/h2-10,13,26H,11-12H2,1H3,(H,22,27)/b9-5+. The summed E-state index contributed by atoms with van der Waals surface area (Å²) in [5, 5.41) is 21.1. The lowest BCUT2D eigenvalue weighted by atomic mass is 10.2. The van der Waals surface area contributed by atoms with E-state index in [4.69, 9.17) is 16.3 Å². The van der Waals surface area contributed by atoms with Gasteiger partial charge in [0.15, 0.2) is 11.5 Å². The van der Waals surface area contributed by atoms with Crippen LogP contribution in [0.25, 0.3) is 6.08 Å². The van der Waals surface area contributed by atoms with E-state index in [2.05, 4.69) is 15.6 Å². The number of phenolic OH excluding ortho intramolecular Hbond substituents is 1. The van der Waals surface area contributed by atoms with Gasteiger partial charge in [0.25, 0.3) is 0 Å². The van der Waals surface area contributed by atoms with Crippen LogP contribution in [-0.4, -0.2) is 33.1 Å². The van der Waals surface area contributed by atoms with Gasteiger partial charge >= 0.3 is 0 Å². The van der Waals surface area contributed by atoms with Crippen molar-refractivity contribution in [2.75, 3.05) is 7.11 Å². The second kappa shape index (κ2) is 9.05. The van der Waals surface area contributed by atoms with Crippen LogP contribution in [0.1, 0.15) is 16.8 Å². The van der Waals surface area contributed by atoms with Gasteiger partial charge in [-0.2, -0.15) is 0 Å². The Hall–Kier alpha value is -3.32. The number of hydrogen-bond donors (Lipinski definition) is 2. The largest absolute Gasteiger partial charge is 0.504 e. The summed E-state index contributed by atoms with van der Waals surface area (Å²) in [5.41, 5.74) is 2.44. The van der Waals surface area contributed by atoms with Crippen LogP contribution in [-0.2, 0) is 17.9 Å². The third-order valence-electron chi connectivity index (χ3n) is 3.92. The lowest BCUT2D eigenvalue weighted by Gasteiger charge is -2.03. The molecule has 3 rings (SSSR count). The van der Waals surface area contributed by atoms with Crippen LogP contribution in [0.5, 0.6) is 11.5 Å². The van der Waals surface area contributed by atoms with Crippen molar-refractivity contribution in [3.63, 3.8) is 0 Å². The maximum atomic E-state index is 12.0. The summed E-state index contributed by atoms with van der Waals surface area (Å²) >= 11 is 5.88. The zero-order chi connectivity index (χ0) is 19.9. The van der Waals surface area contributed by atoms with Crippen molar-refractivity contribution < 1.29 is 14.6 Å². The highest BCUT2D eigenvalue weighted by Gasteiger charge is 2.04. The number of ether oxygens (including phenoxy) is 1. The van der Waals surface area contributed by atoms with Gasteiger partial charge in [-0.1, -0.05) is 35.0 Å². The average molecular weight is 399 g/mol. The van der Waals surface area contributed by atoms with Crippen LogP contribution in [0.3, 0.4) is 0 Å². The van der Waals surface area contributed by atoms with Crippen molar-refractivity contribution >= 4 is 23.6 Å². The van der Waals surface area contributed by atoms with E-state index < -0.39 is 0 Å². The van der Waals surface area contributed by atoms with Gasteiger partial charge in [-0.25, -0.2) is 4.68 Å². The maximum absolute atomic E-state index is 12.0. The number of benzene rings is 2. The molecular formula is C20H19ClN4O3. The number of methoxy groups -OCH3 is 1. The van der Waals surface area contributed by atoms with Gasteiger partial charge in [-0.3, -0.25) is 4.79 Å². The van der Waals surface area contributed by atoms with Crippen LogP contribution in [0.15, 0.2) is 54.7 Å². The Balaban J connectivity index is 1.52. The predicted octanol–water partition coefficient (Wildman–Crippen LogP) is 3.02. The fraction of sp³-hybridized carbons (Fsp3) is 0.150. The summed E-state index contributed by atoms with van der Waals surface area (Å²) < 4.78 is 6.74. The van der Waals surface area contributed by atoms with Gasteiger partial charge in [0.1, 0.15) is 5.69 Å². The smallest absolute Gasteiger partial charge is 0.244 e. The predicted molar refractivity (Wildman–Crippen MR) is 106 cm³/mol. The first-order valence-electron chi connectivity index (χ1n) is 8.50. The second-order valence-corrected chi connectivity index (χ2v) is 6.45. The minimum Gasteiger partial charge on any atom is -0.504 e. The molecule has 2 N–H and O–H groups in total. The fourth-order valence-electron chi connectivity index (χ4n) is 2.48. The van der Waals surface area contributed by atoms with E-state index in [1.54, 1.807) is 29.1 Å². The monoisotopic (exact) mass is 398 g/mol. The van der Waals surface area contributed by atoms with E-state index in [0.29, 0.717) is 23.0 Å². The van der Waals surface area contributed by atoms with Gasteiger partial charge in [-0.05, 0) is 41.5 Å². The molecule has 1 amide bonds. The van der Waals surface area contributed by atoms with Gasteiger partial charge < -0.3 is 15.2 Å². The van der Waals surface area contributed by atoms with Crippen molar-refractivity contribution in [3.05, 3.63) is 76.6 Å². The Labute approximate surface area is 167 Å². The molecule has 0 bridgehead atoms. The Morgan fingerprint density at radius 1 is 1.29 bits per heavy atom. The average Bonchev–Trinajstić information content (AvgIpc) is 3.15. The summed E-state index contributed by atoms with van der Waals surface area (Å²) in [5.74, 6) is 0.130. The van der Waals surface area contributed by atoms with E-state index in [-0.39, 0.29) is 18.2 Å². The van der Waals surface area contributed by atoms with Gasteiger partial charge in [0.2, 0.25) is 5.91 Å². The first-order valence-corrected chi connectivity index (χ1v) is 8.87. The molecule has 3 aromatic rings. The number of phenols is 1. The summed E-state index contributed by atoms with van der Waals surface area (Å²) in [6.45, 7) is 0.837. The molecule has 0 saturated carbocycles. The van der Waals surface area contributed by atoms with E-state index in [0.717, 1.165) is 11.1 Å². The highest BCUT2D eigenvalue weighted by atomic mass is 35.5. The lowest BCUT2D eigenvalue weighted by Crippen LogP contribution is -2.20. The molecule has 0 radical (unpaired) electrons. The number of halogens is 1. The number of carbonyl (C=O) groups excluding carboxylic acids is 1. The third-order valence-corrected chi connectivity index (χ3v) is 4.17. The number of aromatic hydroxyl groups is 1. The van der Waals surface area contributed by atoms with Crippen LogP contribution in [0.2, 0.25) is 5.02 Å². The molecule has 0 spiro atoms. The molecule has 8 heteroatoms. The summed E-state index contributed by atoms with van der Waals surface area (Å²) in [7, 11) is 1.47. The molecule has 0 aliphatic heterocycles. The number of hydrogen-bond acceptors (Lipinski definition) is 5. The van der Waals surface area contributed by atoms with Crippen LogP contribution in [0, 0.1) is 0 Å². The van der Waals surface area contributed by atoms with Crippen molar-refractivity contribution in [3.8, 4) is 11.5 Å². The topological polar surface area (TPSA) is 89.3 Å². The molecule has 0 aliphatic rings. The van der Waals surface area contributed by atoms with E-state index in [1.807, 2.05) is 24.3 Å². The summed E-state index contributed by atoms with van der Waals surface area (Å²) in [6, 6.07) is 12.3. The number of carbonyl (C=O) groups is 1. The van der Waals surface area contributed by atoms with Crippen molar-refractivity contribution in [1.29, 1.82) is 0 Å². The highest BCUT2D eigenvalue weighted by molar-refractivity contribution is 6.30. The minimum absolute atomic E-state index is 0.0470.